The topological polar surface area (TPSA) is 133 Å². The Kier molecular flexibility index (Phi) is 9.10. The Hall–Kier alpha value is -3.68. The highest BCUT2D eigenvalue weighted by Gasteiger charge is 2.36. The van der Waals surface area contributed by atoms with E-state index in [2.05, 4.69) is 15.5 Å². The van der Waals surface area contributed by atoms with Crippen LogP contribution in [0.2, 0.25) is 0 Å². The third kappa shape index (κ3) is 6.48. The van der Waals surface area contributed by atoms with Gasteiger partial charge in [-0.25, -0.2) is 13.8 Å². The van der Waals surface area contributed by atoms with Crippen molar-refractivity contribution in [3.8, 4) is 5.00 Å². The molecule has 4 aromatic rings. The van der Waals surface area contributed by atoms with E-state index < -0.39 is 40.2 Å². The van der Waals surface area contributed by atoms with Gasteiger partial charge in [0, 0.05) is 11.6 Å². The predicted molar refractivity (Wildman–Crippen MR) is 163 cm³/mol. The number of aromatic nitrogens is 5. The zero-order valence-corrected chi connectivity index (χ0v) is 26.6. The molecule has 3 aromatic heterocycles. The highest BCUT2D eigenvalue weighted by atomic mass is 32.1. The standard InChI is InChI=1S/C30H39FN6O5S/c1-9-19-10-11-20(31)14-21(19)22(42-16-29(5,6)41)15-35-26-23(18(4)25(43-26)37-32-12-13-33-37)24(38)36(28(35)40)30(7,8)27(39)34-17(2)3/h10-14,17,22,41H,9,15-16H2,1-8H3,(H,34,39)/t22-/m1/s1. The van der Waals surface area contributed by atoms with Gasteiger partial charge in [0.05, 0.1) is 36.5 Å². The average molecular weight is 615 g/mol. The number of aryl methyl sites for hydroxylation is 2. The lowest BCUT2D eigenvalue weighted by Gasteiger charge is -2.29. The summed E-state index contributed by atoms with van der Waals surface area (Å²) in [5.74, 6) is -0.972. The Bertz CT molecular complexity index is 1750. The number of fused-ring (bicyclic) bond motifs is 1. The van der Waals surface area contributed by atoms with Gasteiger partial charge in [-0.3, -0.25) is 14.2 Å². The fourth-order valence-electron chi connectivity index (χ4n) is 4.94. The Balaban J connectivity index is 2.04. The molecule has 1 aromatic carbocycles. The van der Waals surface area contributed by atoms with Gasteiger partial charge in [-0.2, -0.15) is 10.2 Å². The number of hydrogen-bond acceptors (Lipinski definition) is 8. The first-order valence-corrected chi connectivity index (χ1v) is 15.0. The summed E-state index contributed by atoms with van der Waals surface area (Å²) in [6, 6.07) is 4.17. The van der Waals surface area contributed by atoms with Crippen LogP contribution in [0, 0.1) is 12.7 Å². The van der Waals surface area contributed by atoms with Gasteiger partial charge in [-0.15, -0.1) is 4.80 Å². The number of rotatable bonds is 11. The van der Waals surface area contributed by atoms with Crippen molar-refractivity contribution in [2.45, 2.75) is 91.6 Å². The number of aliphatic hydroxyl groups is 1. The van der Waals surface area contributed by atoms with Gasteiger partial charge < -0.3 is 15.2 Å². The molecule has 13 heteroatoms. The second-order valence-electron chi connectivity index (χ2n) is 12.1. The summed E-state index contributed by atoms with van der Waals surface area (Å²) < 4.78 is 23.1. The second kappa shape index (κ2) is 12.1. The van der Waals surface area contributed by atoms with Gasteiger partial charge in [0.1, 0.15) is 27.3 Å². The number of ether oxygens (including phenoxy) is 1. The highest BCUT2D eigenvalue weighted by Crippen LogP contribution is 2.33. The first-order chi connectivity index (χ1) is 20.1. The van der Waals surface area contributed by atoms with Crippen LogP contribution in [0.1, 0.15) is 71.3 Å². The minimum atomic E-state index is -1.57. The van der Waals surface area contributed by atoms with E-state index >= 15 is 0 Å². The molecule has 1 atom stereocenters. The Morgan fingerprint density at radius 1 is 1.16 bits per heavy atom. The van der Waals surface area contributed by atoms with E-state index in [0.29, 0.717) is 27.4 Å². The van der Waals surface area contributed by atoms with Gasteiger partial charge in [-0.05, 0) is 78.1 Å². The van der Waals surface area contributed by atoms with Crippen molar-refractivity contribution < 1.29 is 19.0 Å². The van der Waals surface area contributed by atoms with Crippen LogP contribution in [0.3, 0.4) is 0 Å². The second-order valence-corrected chi connectivity index (χ2v) is 13.0. The summed E-state index contributed by atoms with van der Waals surface area (Å²) >= 11 is 1.16. The SMILES string of the molecule is CCc1ccc(F)cc1[C@@H](Cn1c(=O)n(C(C)(C)C(=O)NC(C)C)c(=O)c2c(C)c(-n3nccn3)sc21)OCC(C)(C)O. The molecule has 4 rings (SSSR count). The van der Waals surface area contributed by atoms with Crippen LogP contribution in [-0.2, 0) is 28.0 Å². The van der Waals surface area contributed by atoms with E-state index in [-0.39, 0.29) is 24.6 Å². The number of amides is 1. The summed E-state index contributed by atoms with van der Waals surface area (Å²) in [7, 11) is 0. The van der Waals surface area contributed by atoms with E-state index in [1.54, 1.807) is 40.7 Å². The molecule has 0 saturated carbocycles. The predicted octanol–water partition coefficient (Wildman–Crippen LogP) is 3.60. The maximum absolute atomic E-state index is 14.6. The Morgan fingerprint density at radius 2 is 1.81 bits per heavy atom. The van der Waals surface area contributed by atoms with Gasteiger partial charge >= 0.3 is 5.69 Å². The smallest absolute Gasteiger partial charge is 0.333 e. The normalized spacial score (nSPS) is 13.2. The fourth-order valence-corrected chi connectivity index (χ4v) is 6.16. The number of carbonyl (C=O) groups excluding carboxylic acids is 1. The number of benzene rings is 1. The molecule has 0 radical (unpaired) electrons. The van der Waals surface area contributed by atoms with Crippen molar-refractivity contribution in [2.24, 2.45) is 0 Å². The van der Waals surface area contributed by atoms with E-state index in [4.69, 9.17) is 4.74 Å². The molecule has 0 saturated heterocycles. The molecule has 0 unspecified atom stereocenters. The highest BCUT2D eigenvalue weighted by molar-refractivity contribution is 7.21. The summed E-state index contributed by atoms with van der Waals surface area (Å²) in [6.07, 6.45) is 2.69. The fraction of sp³-hybridized carbons (Fsp3) is 0.500. The van der Waals surface area contributed by atoms with E-state index in [1.165, 1.54) is 47.7 Å². The number of thiophene rings is 1. The van der Waals surface area contributed by atoms with Gasteiger partial charge in [0.15, 0.2) is 0 Å². The van der Waals surface area contributed by atoms with Crippen LogP contribution in [0.4, 0.5) is 4.39 Å². The quantitative estimate of drug-likeness (QED) is 0.264. The van der Waals surface area contributed by atoms with E-state index in [1.807, 2.05) is 6.92 Å². The van der Waals surface area contributed by atoms with E-state index in [0.717, 1.165) is 21.5 Å². The van der Waals surface area contributed by atoms with Crippen molar-refractivity contribution in [3.63, 3.8) is 0 Å². The molecular weight excluding hydrogens is 575 g/mol. The molecule has 0 aliphatic heterocycles. The molecule has 43 heavy (non-hydrogen) atoms. The van der Waals surface area contributed by atoms with Crippen molar-refractivity contribution in [2.75, 3.05) is 6.61 Å². The lowest BCUT2D eigenvalue weighted by Crippen LogP contribution is -2.56. The first kappa shape index (κ1) is 32.2. The molecule has 0 bridgehead atoms. The third-order valence-electron chi connectivity index (χ3n) is 7.14. The largest absolute Gasteiger partial charge is 0.388 e. The number of nitrogens with one attached hydrogen (secondary N) is 1. The summed E-state index contributed by atoms with van der Waals surface area (Å²) in [4.78, 5) is 43.5. The molecule has 2 N–H and O–H groups in total. The number of nitrogens with zero attached hydrogens (tertiary/aromatic N) is 5. The summed E-state index contributed by atoms with van der Waals surface area (Å²) in [5, 5.41) is 22.5. The zero-order chi connectivity index (χ0) is 31.9. The lowest BCUT2D eigenvalue weighted by atomic mass is 9.99. The van der Waals surface area contributed by atoms with E-state index in [9.17, 15) is 23.9 Å². The van der Waals surface area contributed by atoms with Crippen LogP contribution in [0.5, 0.6) is 0 Å². The van der Waals surface area contributed by atoms with Gasteiger partial charge in [-0.1, -0.05) is 24.3 Å². The molecule has 0 fully saturated rings. The van der Waals surface area contributed by atoms with Crippen LogP contribution >= 0.6 is 11.3 Å². The van der Waals surface area contributed by atoms with Crippen molar-refractivity contribution in [1.29, 1.82) is 0 Å². The Morgan fingerprint density at radius 3 is 2.40 bits per heavy atom. The molecular formula is C30H39FN6O5S. The third-order valence-corrected chi connectivity index (χ3v) is 8.42. The molecule has 3 heterocycles. The van der Waals surface area contributed by atoms with Crippen LogP contribution < -0.4 is 16.6 Å². The summed E-state index contributed by atoms with van der Waals surface area (Å²) in [6.45, 7) is 13.2. The molecule has 0 aliphatic carbocycles. The number of halogens is 1. The van der Waals surface area contributed by atoms with Gasteiger partial charge in [0.25, 0.3) is 5.56 Å². The summed E-state index contributed by atoms with van der Waals surface area (Å²) in [5.41, 5.74) is -2.27. The van der Waals surface area contributed by atoms with Crippen molar-refractivity contribution in [3.05, 3.63) is 73.9 Å². The van der Waals surface area contributed by atoms with Crippen LogP contribution in [0.25, 0.3) is 15.2 Å². The average Bonchev–Trinajstić information content (AvgIpc) is 3.55. The lowest BCUT2D eigenvalue weighted by molar-refractivity contribution is -0.129. The van der Waals surface area contributed by atoms with Crippen molar-refractivity contribution in [1.82, 2.24) is 29.4 Å². The minimum absolute atomic E-state index is 0.108. The Labute approximate surface area is 252 Å². The molecule has 232 valence electrons. The monoisotopic (exact) mass is 614 g/mol. The number of hydrogen-bond donors (Lipinski definition) is 2. The van der Waals surface area contributed by atoms with Gasteiger partial charge in [0.2, 0.25) is 5.91 Å². The van der Waals surface area contributed by atoms with Crippen molar-refractivity contribution >= 4 is 27.5 Å². The maximum Gasteiger partial charge on any atom is 0.333 e. The zero-order valence-electron chi connectivity index (χ0n) is 25.8. The minimum Gasteiger partial charge on any atom is -0.388 e. The van der Waals surface area contributed by atoms with Crippen LogP contribution in [0.15, 0.2) is 40.2 Å². The molecule has 11 nitrogen and oxygen atoms in total. The number of carbonyl (C=O) groups is 1. The molecule has 0 aliphatic rings. The maximum atomic E-state index is 14.6. The molecule has 1 amide bonds. The van der Waals surface area contributed by atoms with Crippen LogP contribution in [-0.4, -0.2) is 53.4 Å². The first-order valence-electron chi connectivity index (χ1n) is 14.2. The molecule has 0 spiro atoms.